The van der Waals surface area contributed by atoms with E-state index in [-0.39, 0.29) is 11.9 Å². The van der Waals surface area contributed by atoms with E-state index in [0.29, 0.717) is 12.1 Å². The zero-order chi connectivity index (χ0) is 13.9. The molecule has 1 aliphatic carbocycles. The van der Waals surface area contributed by atoms with Crippen molar-refractivity contribution in [2.45, 2.75) is 31.5 Å². The molecule has 1 saturated heterocycles. The van der Waals surface area contributed by atoms with Crippen LogP contribution in [0.15, 0.2) is 22.7 Å². The van der Waals surface area contributed by atoms with Gasteiger partial charge in [-0.25, -0.2) is 4.39 Å². The topological polar surface area (TPSA) is 24.5 Å². The lowest BCUT2D eigenvalue weighted by Crippen LogP contribution is -2.47. The molecule has 20 heavy (non-hydrogen) atoms. The van der Waals surface area contributed by atoms with Crippen LogP contribution < -0.4 is 5.32 Å². The number of hydrogen-bond acceptors (Lipinski definition) is 3. The van der Waals surface area contributed by atoms with Gasteiger partial charge in [-0.1, -0.05) is 22.0 Å². The molecule has 0 radical (unpaired) electrons. The van der Waals surface area contributed by atoms with Crippen molar-refractivity contribution in [3.05, 3.63) is 34.1 Å². The summed E-state index contributed by atoms with van der Waals surface area (Å²) >= 11 is 3.27. The lowest BCUT2D eigenvalue weighted by Gasteiger charge is -2.33. The van der Waals surface area contributed by atoms with Gasteiger partial charge < -0.3 is 10.1 Å². The first kappa shape index (κ1) is 14.4. The molecule has 0 amide bonds. The summed E-state index contributed by atoms with van der Waals surface area (Å²) in [5.74, 6) is -0.170. The summed E-state index contributed by atoms with van der Waals surface area (Å²) in [6.45, 7) is 4.19. The van der Waals surface area contributed by atoms with Gasteiger partial charge in [-0.15, -0.1) is 0 Å². The van der Waals surface area contributed by atoms with Gasteiger partial charge in [-0.3, -0.25) is 4.90 Å². The predicted molar refractivity (Wildman–Crippen MR) is 80.1 cm³/mol. The highest BCUT2D eigenvalue weighted by atomic mass is 79.9. The Balaban J connectivity index is 1.44. The third kappa shape index (κ3) is 3.79. The van der Waals surface area contributed by atoms with Crippen molar-refractivity contribution < 1.29 is 9.13 Å². The third-order valence-electron chi connectivity index (χ3n) is 3.94. The number of morpholine rings is 1. The van der Waals surface area contributed by atoms with E-state index in [1.165, 1.54) is 18.9 Å². The van der Waals surface area contributed by atoms with Crippen molar-refractivity contribution in [2.75, 3.05) is 26.2 Å². The number of rotatable bonds is 5. The number of hydrogen-bond donors (Lipinski definition) is 1. The second kappa shape index (κ2) is 6.52. The minimum Gasteiger partial charge on any atom is -0.374 e. The van der Waals surface area contributed by atoms with Gasteiger partial charge in [0.15, 0.2) is 0 Å². The first-order valence-corrected chi connectivity index (χ1v) is 8.02. The van der Waals surface area contributed by atoms with Crippen LogP contribution in [0.4, 0.5) is 4.39 Å². The molecule has 3 rings (SSSR count). The van der Waals surface area contributed by atoms with Gasteiger partial charge in [0.1, 0.15) is 5.82 Å². The number of ether oxygens (including phenoxy) is 1. The number of nitrogens with one attached hydrogen (secondary N) is 1. The Morgan fingerprint density at radius 1 is 1.40 bits per heavy atom. The maximum atomic E-state index is 13.7. The molecule has 0 aromatic heterocycles. The minimum absolute atomic E-state index is 0.170. The zero-order valence-electron chi connectivity index (χ0n) is 11.4. The molecule has 1 unspecified atom stereocenters. The van der Waals surface area contributed by atoms with Gasteiger partial charge in [0.05, 0.1) is 12.7 Å². The highest BCUT2D eigenvalue weighted by molar-refractivity contribution is 9.10. The van der Waals surface area contributed by atoms with Gasteiger partial charge >= 0.3 is 0 Å². The van der Waals surface area contributed by atoms with E-state index in [0.717, 1.165) is 36.8 Å². The summed E-state index contributed by atoms with van der Waals surface area (Å²) in [7, 11) is 0. The molecular weight excluding hydrogens is 323 g/mol. The van der Waals surface area contributed by atoms with Crippen LogP contribution in [-0.4, -0.2) is 43.3 Å². The van der Waals surface area contributed by atoms with Gasteiger partial charge in [0.25, 0.3) is 0 Å². The van der Waals surface area contributed by atoms with Crippen LogP contribution in [0.1, 0.15) is 18.4 Å². The van der Waals surface area contributed by atoms with E-state index in [1.807, 2.05) is 12.1 Å². The molecule has 1 aromatic rings. The minimum atomic E-state index is -0.170. The first-order valence-electron chi connectivity index (χ1n) is 7.22. The molecule has 1 aliphatic heterocycles. The Bertz CT molecular complexity index is 467. The molecule has 1 N–H and O–H groups in total. The van der Waals surface area contributed by atoms with Crippen LogP contribution in [0.3, 0.4) is 0 Å². The van der Waals surface area contributed by atoms with Crippen molar-refractivity contribution in [1.82, 2.24) is 10.2 Å². The number of halogens is 2. The molecule has 1 atom stereocenters. The van der Waals surface area contributed by atoms with Crippen LogP contribution in [0, 0.1) is 5.82 Å². The zero-order valence-corrected chi connectivity index (χ0v) is 13.0. The number of nitrogens with zero attached hydrogens (tertiary/aromatic N) is 1. The van der Waals surface area contributed by atoms with Crippen molar-refractivity contribution in [1.29, 1.82) is 0 Å². The van der Waals surface area contributed by atoms with Gasteiger partial charge in [-0.2, -0.15) is 0 Å². The molecule has 3 nitrogen and oxygen atoms in total. The largest absolute Gasteiger partial charge is 0.374 e. The Kier molecular flexibility index (Phi) is 4.71. The van der Waals surface area contributed by atoms with E-state index >= 15 is 0 Å². The summed E-state index contributed by atoms with van der Waals surface area (Å²) in [6.07, 6.45) is 2.90. The van der Waals surface area contributed by atoms with Gasteiger partial charge in [0, 0.05) is 42.3 Å². The van der Waals surface area contributed by atoms with Crippen LogP contribution in [-0.2, 0) is 11.3 Å². The predicted octanol–water partition coefficient (Wildman–Crippen LogP) is 2.54. The Morgan fingerprint density at radius 2 is 2.25 bits per heavy atom. The fourth-order valence-corrected chi connectivity index (χ4v) is 3.00. The van der Waals surface area contributed by atoms with E-state index in [1.54, 1.807) is 0 Å². The Hall–Kier alpha value is -0.490. The first-order chi connectivity index (χ1) is 9.72. The second-order valence-electron chi connectivity index (χ2n) is 5.59. The average Bonchev–Trinajstić information content (AvgIpc) is 3.26. The molecule has 0 bridgehead atoms. The standard InChI is InChI=1S/C15H20BrFN2O/c16-12-2-1-11(15(17)7-12)8-18-9-14-10-19(5-6-20-14)13-3-4-13/h1-2,7,13-14,18H,3-6,8-10H2. The Labute approximate surface area is 127 Å². The van der Waals surface area contributed by atoms with E-state index in [9.17, 15) is 4.39 Å². The summed E-state index contributed by atoms with van der Waals surface area (Å²) in [5.41, 5.74) is 0.697. The summed E-state index contributed by atoms with van der Waals surface area (Å²) in [6, 6.07) is 5.98. The summed E-state index contributed by atoms with van der Waals surface area (Å²) in [5, 5.41) is 3.30. The molecule has 5 heteroatoms. The smallest absolute Gasteiger partial charge is 0.128 e. The van der Waals surface area contributed by atoms with Crippen molar-refractivity contribution in [3.63, 3.8) is 0 Å². The molecule has 2 fully saturated rings. The van der Waals surface area contributed by atoms with Gasteiger partial charge in [0.2, 0.25) is 0 Å². The van der Waals surface area contributed by atoms with Gasteiger partial charge in [-0.05, 0) is 25.0 Å². The average molecular weight is 343 g/mol. The molecule has 0 spiro atoms. The van der Waals surface area contributed by atoms with E-state index in [4.69, 9.17) is 4.74 Å². The molecule has 1 heterocycles. The van der Waals surface area contributed by atoms with E-state index < -0.39 is 0 Å². The summed E-state index contributed by atoms with van der Waals surface area (Å²) in [4.78, 5) is 2.52. The molecule has 2 aliphatic rings. The monoisotopic (exact) mass is 342 g/mol. The maximum Gasteiger partial charge on any atom is 0.128 e. The van der Waals surface area contributed by atoms with Crippen LogP contribution >= 0.6 is 15.9 Å². The van der Waals surface area contributed by atoms with Crippen molar-refractivity contribution >= 4 is 15.9 Å². The molecular formula is C15H20BrFN2O. The van der Waals surface area contributed by atoms with Crippen LogP contribution in [0.25, 0.3) is 0 Å². The lowest BCUT2D eigenvalue weighted by molar-refractivity contribution is -0.0301. The molecule has 1 saturated carbocycles. The highest BCUT2D eigenvalue weighted by Gasteiger charge is 2.32. The molecule has 110 valence electrons. The highest BCUT2D eigenvalue weighted by Crippen LogP contribution is 2.28. The molecule has 1 aromatic carbocycles. The SMILES string of the molecule is Fc1cc(Br)ccc1CNCC1CN(C2CC2)CCO1. The third-order valence-corrected chi connectivity index (χ3v) is 4.43. The lowest BCUT2D eigenvalue weighted by atomic mass is 10.2. The fraction of sp³-hybridized carbons (Fsp3) is 0.600. The van der Waals surface area contributed by atoms with Crippen molar-refractivity contribution in [3.8, 4) is 0 Å². The normalized spacial score (nSPS) is 24.0. The Morgan fingerprint density at radius 3 is 3.00 bits per heavy atom. The van der Waals surface area contributed by atoms with Crippen LogP contribution in [0.2, 0.25) is 0 Å². The fourth-order valence-electron chi connectivity index (χ4n) is 2.67. The second-order valence-corrected chi connectivity index (χ2v) is 6.50. The quantitative estimate of drug-likeness (QED) is 0.889. The van der Waals surface area contributed by atoms with Crippen LogP contribution in [0.5, 0.6) is 0 Å². The maximum absolute atomic E-state index is 13.7. The number of benzene rings is 1. The van der Waals surface area contributed by atoms with Crippen molar-refractivity contribution in [2.24, 2.45) is 0 Å². The van der Waals surface area contributed by atoms with E-state index in [2.05, 4.69) is 26.1 Å². The summed E-state index contributed by atoms with van der Waals surface area (Å²) < 4.78 is 20.2.